The van der Waals surface area contributed by atoms with Crippen LogP contribution in [0.15, 0.2) is 29.3 Å². The van der Waals surface area contributed by atoms with Crippen LogP contribution in [0.5, 0.6) is 5.75 Å². The SMILES string of the molecule is CCCOc1ccc(C2(C)CN=C(N)N2)cc1. The highest BCUT2D eigenvalue weighted by molar-refractivity contribution is 5.81. The standard InChI is InChI=1S/C13H19N3O/c1-3-8-17-11-6-4-10(5-7-11)13(2)9-15-12(14)16-13/h4-7H,3,8-9H2,1-2H3,(H3,14,15,16). The van der Waals surface area contributed by atoms with E-state index in [1.807, 2.05) is 12.1 Å². The van der Waals surface area contributed by atoms with Crippen molar-refractivity contribution in [2.45, 2.75) is 25.8 Å². The first-order chi connectivity index (χ1) is 8.14. The molecule has 0 spiro atoms. The molecule has 4 nitrogen and oxygen atoms in total. The lowest BCUT2D eigenvalue weighted by Crippen LogP contribution is -2.42. The Morgan fingerprint density at radius 3 is 2.65 bits per heavy atom. The van der Waals surface area contributed by atoms with Gasteiger partial charge in [0.05, 0.1) is 18.7 Å². The fourth-order valence-corrected chi connectivity index (χ4v) is 1.91. The zero-order valence-electron chi connectivity index (χ0n) is 10.4. The van der Waals surface area contributed by atoms with Gasteiger partial charge < -0.3 is 15.8 Å². The summed E-state index contributed by atoms with van der Waals surface area (Å²) in [5.41, 5.74) is 6.64. The van der Waals surface area contributed by atoms with Crippen LogP contribution in [-0.2, 0) is 5.54 Å². The van der Waals surface area contributed by atoms with Gasteiger partial charge in [-0.3, -0.25) is 4.99 Å². The third kappa shape index (κ3) is 2.52. The number of hydrogen-bond acceptors (Lipinski definition) is 4. The van der Waals surface area contributed by atoms with Crippen molar-refractivity contribution in [1.82, 2.24) is 5.32 Å². The van der Waals surface area contributed by atoms with Crippen molar-refractivity contribution in [2.75, 3.05) is 13.2 Å². The highest BCUT2D eigenvalue weighted by Gasteiger charge is 2.31. The molecule has 0 saturated heterocycles. The summed E-state index contributed by atoms with van der Waals surface area (Å²) in [5.74, 6) is 1.42. The molecule has 1 aromatic carbocycles. The summed E-state index contributed by atoms with van der Waals surface area (Å²) in [6.45, 7) is 5.62. The maximum atomic E-state index is 5.66. The lowest BCUT2D eigenvalue weighted by molar-refractivity contribution is 0.317. The van der Waals surface area contributed by atoms with Gasteiger partial charge in [-0.05, 0) is 31.0 Å². The third-order valence-electron chi connectivity index (χ3n) is 2.93. The molecule has 0 saturated carbocycles. The minimum absolute atomic E-state index is 0.187. The van der Waals surface area contributed by atoms with E-state index < -0.39 is 0 Å². The molecule has 0 aliphatic carbocycles. The van der Waals surface area contributed by atoms with Gasteiger partial charge in [0, 0.05) is 0 Å². The average molecular weight is 233 g/mol. The Hall–Kier alpha value is -1.71. The summed E-state index contributed by atoms with van der Waals surface area (Å²) < 4.78 is 5.55. The smallest absolute Gasteiger partial charge is 0.189 e. The van der Waals surface area contributed by atoms with Gasteiger partial charge in [-0.25, -0.2) is 0 Å². The molecule has 1 aromatic rings. The van der Waals surface area contributed by atoms with Gasteiger partial charge in [0.2, 0.25) is 0 Å². The molecular formula is C13H19N3O. The normalized spacial score (nSPS) is 23.1. The van der Waals surface area contributed by atoms with Gasteiger partial charge in [0.1, 0.15) is 5.75 Å². The first-order valence-electron chi connectivity index (χ1n) is 5.95. The molecule has 1 atom stereocenters. The fourth-order valence-electron chi connectivity index (χ4n) is 1.91. The number of ether oxygens (including phenoxy) is 1. The minimum atomic E-state index is -0.187. The van der Waals surface area contributed by atoms with Gasteiger partial charge in [-0.1, -0.05) is 19.1 Å². The molecule has 1 heterocycles. The van der Waals surface area contributed by atoms with Crippen LogP contribution >= 0.6 is 0 Å². The van der Waals surface area contributed by atoms with Crippen LogP contribution in [0.4, 0.5) is 0 Å². The lowest BCUT2D eigenvalue weighted by Gasteiger charge is -2.24. The Labute approximate surface area is 102 Å². The summed E-state index contributed by atoms with van der Waals surface area (Å²) in [7, 11) is 0. The number of hydrogen-bond donors (Lipinski definition) is 2. The van der Waals surface area contributed by atoms with E-state index in [1.54, 1.807) is 0 Å². The summed E-state index contributed by atoms with van der Waals surface area (Å²) in [5, 5.41) is 3.20. The highest BCUT2D eigenvalue weighted by atomic mass is 16.5. The molecular weight excluding hydrogens is 214 g/mol. The topological polar surface area (TPSA) is 59.6 Å². The number of nitrogens with one attached hydrogen (secondary N) is 1. The Bertz CT molecular complexity index is 413. The zero-order chi connectivity index (χ0) is 12.3. The number of aliphatic imine (C=N–C) groups is 1. The van der Waals surface area contributed by atoms with Crippen LogP contribution in [0.2, 0.25) is 0 Å². The van der Waals surface area contributed by atoms with E-state index in [-0.39, 0.29) is 5.54 Å². The minimum Gasteiger partial charge on any atom is -0.494 e. The Balaban J connectivity index is 2.08. The predicted octanol–water partition coefficient (Wildman–Crippen LogP) is 1.61. The average Bonchev–Trinajstić information content (AvgIpc) is 2.68. The Morgan fingerprint density at radius 1 is 1.41 bits per heavy atom. The van der Waals surface area contributed by atoms with E-state index in [0.717, 1.165) is 18.8 Å². The number of nitrogens with zero attached hydrogens (tertiary/aromatic N) is 1. The molecule has 0 amide bonds. The summed E-state index contributed by atoms with van der Waals surface area (Å²) >= 11 is 0. The van der Waals surface area contributed by atoms with E-state index in [4.69, 9.17) is 10.5 Å². The zero-order valence-corrected chi connectivity index (χ0v) is 10.4. The maximum Gasteiger partial charge on any atom is 0.189 e. The van der Waals surface area contributed by atoms with Crippen LogP contribution in [0.3, 0.4) is 0 Å². The van der Waals surface area contributed by atoms with E-state index in [2.05, 4.69) is 36.3 Å². The van der Waals surface area contributed by atoms with Crippen LogP contribution in [0.1, 0.15) is 25.8 Å². The second kappa shape index (κ2) is 4.65. The molecule has 0 radical (unpaired) electrons. The van der Waals surface area contributed by atoms with Crippen LogP contribution in [-0.4, -0.2) is 19.1 Å². The molecule has 0 aromatic heterocycles. The first kappa shape index (κ1) is 11.8. The van der Waals surface area contributed by atoms with Crippen molar-refractivity contribution in [1.29, 1.82) is 0 Å². The first-order valence-corrected chi connectivity index (χ1v) is 5.95. The van der Waals surface area contributed by atoms with Gasteiger partial charge in [0.25, 0.3) is 0 Å². The molecule has 3 N–H and O–H groups in total. The van der Waals surface area contributed by atoms with Crippen molar-refractivity contribution in [3.8, 4) is 5.75 Å². The van der Waals surface area contributed by atoms with Gasteiger partial charge in [-0.15, -0.1) is 0 Å². The molecule has 0 fully saturated rings. The highest BCUT2D eigenvalue weighted by Crippen LogP contribution is 2.25. The monoisotopic (exact) mass is 233 g/mol. The van der Waals surface area contributed by atoms with Crippen molar-refractivity contribution in [3.63, 3.8) is 0 Å². The van der Waals surface area contributed by atoms with Crippen molar-refractivity contribution in [3.05, 3.63) is 29.8 Å². The molecule has 17 heavy (non-hydrogen) atoms. The Morgan fingerprint density at radius 2 is 2.12 bits per heavy atom. The van der Waals surface area contributed by atoms with E-state index in [1.165, 1.54) is 5.56 Å². The molecule has 4 heteroatoms. The molecule has 1 aliphatic heterocycles. The summed E-state index contributed by atoms with van der Waals surface area (Å²) in [4.78, 5) is 4.19. The van der Waals surface area contributed by atoms with Crippen LogP contribution in [0.25, 0.3) is 0 Å². The van der Waals surface area contributed by atoms with Crippen LogP contribution < -0.4 is 15.8 Å². The van der Waals surface area contributed by atoms with Gasteiger partial charge in [0.15, 0.2) is 5.96 Å². The number of nitrogens with two attached hydrogens (primary N) is 1. The second-order valence-electron chi connectivity index (χ2n) is 4.53. The third-order valence-corrected chi connectivity index (χ3v) is 2.93. The number of guanidine groups is 1. The van der Waals surface area contributed by atoms with Crippen molar-refractivity contribution in [2.24, 2.45) is 10.7 Å². The van der Waals surface area contributed by atoms with Crippen molar-refractivity contribution < 1.29 is 4.74 Å². The van der Waals surface area contributed by atoms with E-state index in [9.17, 15) is 0 Å². The van der Waals surface area contributed by atoms with E-state index in [0.29, 0.717) is 12.5 Å². The van der Waals surface area contributed by atoms with Gasteiger partial charge in [-0.2, -0.15) is 0 Å². The Kier molecular flexibility index (Phi) is 3.22. The molecule has 92 valence electrons. The summed E-state index contributed by atoms with van der Waals surface area (Å²) in [6.07, 6.45) is 1.02. The largest absolute Gasteiger partial charge is 0.494 e. The van der Waals surface area contributed by atoms with Gasteiger partial charge >= 0.3 is 0 Å². The maximum absolute atomic E-state index is 5.66. The number of benzene rings is 1. The fraction of sp³-hybridized carbons (Fsp3) is 0.462. The van der Waals surface area contributed by atoms with Crippen molar-refractivity contribution >= 4 is 5.96 Å². The molecule has 1 aliphatic rings. The summed E-state index contributed by atoms with van der Waals surface area (Å²) in [6, 6.07) is 8.11. The molecule has 2 rings (SSSR count). The number of rotatable bonds is 4. The predicted molar refractivity (Wildman–Crippen MR) is 69.2 cm³/mol. The van der Waals surface area contributed by atoms with E-state index >= 15 is 0 Å². The van der Waals surface area contributed by atoms with Crippen LogP contribution in [0, 0.1) is 0 Å². The lowest BCUT2D eigenvalue weighted by atomic mass is 9.93. The molecule has 1 unspecified atom stereocenters. The quantitative estimate of drug-likeness (QED) is 0.830. The second-order valence-corrected chi connectivity index (χ2v) is 4.53. The molecule has 0 bridgehead atoms.